The van der Waals surface area contributed by atoms with E-state index in [9.17, 15) is 5.11 Å². The third-order valence-electron chi connectivity index (χ3n) is 3.08. The molecule has 0 fully saturated rings. The Kier molecular flexibility index (Phi) is 4.71. The van der Waals surface area contributed by atoms with Gasteiger partial charge >= 0.3 is 0 Å². The third kappa shape index (κ3) is 2.75. The molecule has 0 aliphatic rings. The first-order valence-electron chi connectivity index (χ1n) is 5.72. The van der Waals surface area contributed by atoms with Gasteiger partial charge in [0.25, 0.3) is 0 Å². The van der Waals surface area contributed by atoms with Gasteiger partial charge in [-0.2, -0.15) is 0 Å². The van der Waals surface area contributed by atoms with Gasteiger partial charge in [0, 0.05) is 14.5 Å². The summed E-state index contributed by atoms with van der Waals surface area (Å²) in [5, 5.41) is 12.6. The first-order chi connectivity index (χ1) is 8.97. The predicted molar refractivity (Wildman–Crippen MR) is 86.2 cm³/mol. The highest BCUT2D eigenvalue weighted by atomic mass is 79.9. The normalized spacial score (nSPS) is 12.5. The number of methoxy groups -OCH3 is 1. The fourth-order valence-electron chi connectivity index (χ4n) is 2.11. The molecule has 0 spiro atoms. The van der Waals surface area contributed by atoms with Gasteiger partial charge in [0.05, 0.1) is 12.0 Å². The van der Waals surface area contributed by atoms with Gasteiger partial charge in [-0.1, -0.05) is 15.9 Å². The highest BCUT2D eigenvalue weighted by Crippen LogP contribution is 2.42. The van der Waals surface area contributed by atoms with E-state index in [1.54, 1.807) is 7.11 Å². The number of halogens is 2. The minimum absolute atomic E-state index is 0.694. The van der Waals surface area contributed by atoms with Gasteiger partial charge in [-0.25, -0.2) is 0 Å². The Bertz CT molecular complexity index is 608. The Balaban J connectivity index is 2.64. The van der Waals surface area contributed by atoms with E-state index in [0.29, 0.717) is 0 Å². The summed E-state index contributed by atoms with van der Waals surface area (Å²) in [6.07, 6.45) is -0.694. The first-order valence-corrected chi connectivity index (χ1v) is 8.18. The van der Waals surface area contributed by atoms with Crippen LogP contribution in [0.15, 0.2) is 26.5 Å². The minimum Gasteiger partial charge on any atom is -0.496 e. The van der Waals surface area contributed by atoms with Crippen LogP contribution >= 0.6 is 43.2 Å². The van der Waals surface area contributed by atoms with E-state index in [1.165, 1.54) is 11.3 Å². The van der Waals surface area contributed by atoms with Crippen molar-refractivity contribution in [2.24, 2.45) is 0 Å². The zero-order valence-electron chi connectivity index (χ0n) is 10.8. The van der Waals surface area contributed by atoms with Crippen LogP contribution in [0.2, 0.25) is 0 Å². The van der Waals surface area contributed by atoms with Gasteiger partial charge < -0.3 is 9.84 Å². The molecule has 2 aromatic rings. The maximum absolute atomic E-state index is 10.7. The molecule has 1 aromatic heterocycles. The van der Waals surface area contributed by atoms with Crippen molar-refractivity contribution in [3.05, 3.63) is 48.0 Å². The second-order valence-electron chi connectivity index (χ2n) is 4.28. The molecule has 0 saturated carbocycles. The molecule has 1 heterocycles. The molecule has 5 heteroatoms. The van der Waals surface area contributed by atoms with E-state index in [-0.39, 0.29) is 0 Å². The number of aryl methyl sites for hydroxylation is 1. The lowest BCUT2D eigenvalue weighted by molar-refractivity contribution is 0.216. The average Bonchev–Trinajstić information content (AvgIpc) is 2.79. The second kappa shape index (κ2) is 5.95. The summed E-state index contributed by atoms with van der Waals surface area (Å²) in [6, 6.07) is 3.95. The monoisotopic (exact) mass is 404 g/mol. The van der Waals surface area contributed by atoms with Crippen LogP contribution in [0.25, 0.3) is 0 Å². The quantitative estimate of drug-likeness (QED) is 0.780. The van der Waals surface area contributed by atoms with Gasteiger partial charge in [-0.05, 0) is 58.4 Å². The van der Waals surface area contributed by atoms with Crippen molar-refractivity contribution >= 4 is 43.2 Å². The zero-order chi connectivity index (χ0) is 14.2. The number of hydrogen-bond acceptors (Lipinski definition) is 3. The van der Waals surface area contributed by atoms with Crippen molar-refractivity contribution in [1.82, 2.24) is 0 Å². The second-order valence-corrected chi connectivity index (χ2v) is 6.94. The van der Waals surface area contributed by atoms with Crippen LogP contribution < -0.4 is 4.74 Å². The van der Waals surface area contributed by atoms with Crippen LogP contribution in [0.5, 0.6) is 5.75 Å². The van der Waals surface area contributed by atoms with Crippen LogP contribution in [0.3, 0.4) is 0 Å². The number of aliphatic hydroxyl groups is 1. The predicted octanol–water partition coefficient (Wildman–Crippen LogP) is 4.98. The number of thiophene rings is 1. The average molecular weight is 406 g/mol. The number of ether oxygens (including phenoxy) is 1. The van der Waals surface area contributed by atoms with Gasteiger partial charge in [0.15, 0.2) is 0 Å². The maximum Gasteiger partial charge on any atom is 0.128 e. The van der Waals surface area contributed by atoms with Gasteiger partial charge in [-0.3, -0.25) is 0 Å². The summed E-state index contributed by atoms with van der Waals surface area (Å²) in [4.78, 5) is 0.888. The van der Waals surface area contributed by atoms with Gasteiger partial charge in [0.1, 0.15) is 11.9 Å². The molecule has 19 heavy (non-hydrogen) atoms. The first kappa shape index (κ1) is 15.0. The van der Waals surface area contributed by atoms with Crippen LogP contribution in [-0.2, 0) is 0 Å². The summed E-state index contributed by atoms with van der Waals surface area (Å²) < 4.78 is 7.38. The Hall–Kier alpha value is -0.360. The summed E-state index contributed by atoms with van der Waals surface area (Å²) in [5.74, 6) is 0.744. The van der Waals surface area contributed by atoms with E-state index in [1.807, 2.05) is 31.4 Å². The Morgan fingerprint density at radius 2 is 1.95 bits per heavy atom. The maximum atomic E-state index is 10.7. The number of rotatable bonds is 3. The molecule has 102 valence electrons. The van der Waals surface area contributed by atoms with Gasteiger partial charge in [-0.15, -0.1) is 11.3 Å². The molecule has 0 aliphatic heterocycles. The number of benzene rings is 1. The molecule has 1 aromatic carbocycles. The van der Waals surface area contributed by atoms with Crippen molar-refractivity contribution in [2.75, 3.05) is 7.11 Å². The lowest BCUT2D eigenvalue weighted by atomic mass is 9.98. The smallest absolute Gasteiger partial charge is 0.128 e. The fraction of sp³-hybridized carbons (Fsp3) is 0.286. The topological polar surface area (TPSA) is 29.5 Å². The van der Waals surface area contributed by atoms with Gasteiger partial charge in [0.2, 0.25) is 0 Å². The summed E-state index contributed by atoms with van der Waals surface area (Å²) in [7, 11) is 1.63. The Morgan fingerprint density at radius 1 is 1.26 bits per heavy atom. The summed E-state index contributed by atoms with van der Waals surface area (Å²) in [5.41, 5.74) is 2.81. The summed E-state index contributed by atoms with van der Waals surface area (Å²) in [6.45, 7) is 3.95. The van der Waals surface area contributed by atoms with Crippen molar-refractivity contribution in [3.63, 3.8) is 0 Å². The van der Waals surface area contributed by atoms with E-state index in [0.717, 1.165) is 36.3 Å². The molecule has 0 saturated heterocycles. The third-order valence-corrected chi connectivity index (χ3v) is 5.83. The zero-order valence-corrected chi connectivity index (χ0v) is 14.8. The van der Waals surface area contributed by atoms with Crippen molar-refractivity contribution in [2.45, 2.75) is 20.0 Å². The van der Waals surface area contributed by atoms with Crippen LogP contribution in [0, 0.1) is 13.8 Å². The van der Waals surface area contributed by atoms with Crippen LogP contribution in [0.4, 0.5) is 0 Å². The molecule has 2 rings (SSSR count). The molecule has 2 nitrogen and oxygen atoms in total. The van der Waals surface area contributed by atoms with Crippen LogP contribution in [-0.4, -0.2) is 12.2 Å². The van der Waals surface area contributed by atoms with Crippen molar-refractivity contribution in [3.8, 4) is 5.75 Å². The Morgan fingerprint density at radius 3 is 2.47 bits per heavy atom. The Labute approximate surface area is 133 Å². The highest BCUT2D eigenvalue weighted by Gasteiger charge is 2.23. The van der Waals surface area contributed by atoms with E-state index in [4.69, 9.17) is 4.74 Å². The molecular weight excluding hydrogens is 392 g/mol. The number of hydrogen-bond donors (Lipinski definition) is 1. The lowest BCUT2D eigenvalue weighted by Crippen LogP contribution is -2.06. The van der Waals surface area contributed by atoms with Crippen molar-refractivity contribution < 1.29 is 9.84 Å². The molecule has 1 atom stereocenters. The lowest BCUT2D eigenvalue weighted by Gasteiger charge is -2.20. The molecule has 0 radical (unpaired) electrons. The van der Waals surface area contributed by atoms with Crippen LogP contribution in [0.1, 0.15) is 27.7 Å². The van der Waals surface area contributed by atoms with E-state index in [2.05, 4.69) is 31.9 Å². The van der Waals surface area contributed by atoms with E-state index < -0.39 is 6.10 Å². The molecule has 0 bridgehead atoms. The molecule has 0 aliphatic carbocycles. The molecule has 1 unspecified atom stereocenters. The largest absolute Gasteiger partial charge is 0.496 e. The molecule has 1 N–H and O–H groups in total. The molecule has 0 amide bonds. The number of aliphatic hydroxyl groups excluding tert-OH is 1. The highest BCUT2D eigenvalue weighted by molar-refractivity contribution is 9.10. The van der Waals surface area contributed by atoms with Crippen molar-refractivity contribution in [1.29, 1.82) is 0 Å². The molecular formula is C14H14Br2O2S. The summed E-state index contributed by atoms with van der Waals surface area (Å²) >= 11 is 8.53. The fourth-order valence-corrected chi connectivity index (χ4v) is 4.25. The minimum atomic E-state index is -0.694. The van der Waals surface area contributed by atoms with E-state index >= 15 is 0 Å². The SMILES string of the molecule is COc1c(C)cc(Br)c(C)c1C(O)c1sccc1Br. The standard InChI is InChI=1S/C14H14Br2O2S/c1-7-6-10(16)8(2)11(13(7)18-3)12(17)14-9(15)4-5-19-14/h4-6,12,17H,1-3H3.